The molecule has 0 aliphatic carbocycles. The first-order chi connectivity index (χ1) is 5.88. The molecule has 0 unspecified atom stereocenters. The Bertz CT molecular complexity index is 371. The number of rotatable bonds is 1. The molecular formula is C7H6N4O. The van der Waals surface area contributed by atoms with Gasteiger partial charge in [-0.2, -0.15) is 0 Å². The Balaban J connectivity index is 2.55. The van der Waals surface area contributed by atoms with Gasteiger partial charge in [-0.3, -0.25) is 4.98 Å². The fourth-order valence-corrected chi connectivity index (χ4v) is 0.894. The van der Waals surface area contributed by atoms with Crippen molar-refractivity contribution >= 4 is 0 Å². The minimum atomic E-state index is 0.403. The van der Waals surface area contributed by atoms with Crippen LogP contribution in [0.2, 0.25) is 0 Å². The number of hydrogen-bond donors (Lipinski definition) is 0. The molecule has 0 bridgehead atoms. The normalized spacial score (nSPS) is 10.1. The van der Waals surface area contributed by atoms with Crippen molar-refractivity contribution in [2.24, 2.45) is 0 Å². The molecule has 5 heteroatoms. The van der Waals surface area contributed by atoms with E-state index in [1.165, 1.54) is 6.39 Å². The second-order valence-electron chi connectivity index (χ2n) is 2.23. The molecule has 0 radical (unpaired) electrons. The highest BCUT2D eigenvalue weighted by Crippen LogP contribution is 2.14. The minimum Gasteiger partial charge on any atom is -0.422 e. The number of nitrogens with zero attached hydrogens (tertiary/aromatic N) is 4. The SMILES string of the molecule is Cc1nccnc1-c1nnco1. The maximum atomic E-state index is 4.98. The van der Waals surface area contributed by atoms with Gasteiger partial charge in [-0.1, -0.05) is 0 Å². The second-order valence-corrected chi connectivity index (χ2v) is 2.23. The molecule has 2 rings (SSSR count). The van der Waals surface area contributed by atoms with E-state index < -0.39 is 0 Å². The Morgan fingerprint density at radius 1 is 1.25 bits per heavy atom. The quantitative estimate of drug-likeness (QED) is 0.621. The molecule has 60 valence electrons. The molecule has 2 heterocycles. The lowest BCUT2D eigenvalue weighted by atomic mass is 10.3. The third kappa shape index (κ3) is 1.05. The van der Waals surface area contributed by atoms with Gasteiger partial charge in [0, 0.05) is 12.4 Å². The van der Waals surface area contributed by atoms with Crippen molar-refractivity contribution in [3.05, 3.63) is 24.5 Å². The molecule has 2 aromatic rings. The summed E-state index contributed by atoms with van der Waals surface area (Å²) in [5, 5.41) is 7.28. The Morgan fingerprint density at radius 3 is 2.75 bits per heavy atom. The van der Waals surface area contributed by atoms with Crippen LogP contribution in [0, 0.1) is 6.92 Å². The molecule has 0 saturated carbocycles. The van der Waals surface area contributed by atoms with Crippen molar-refractivity contribution in [1.29, 1.82) is 0 Å². The van der Waals surface area contributed by atoms with Crippen LogP contribution in [0.1, 0.15) is 5.69 Å². The minimum absolute atomic E-state index is 0.403. The van der Waals surface area contributed by atoms with Crippen LogP contribution in [0.15, 0.2) is 23.2 Å². The fourth-order valence-electron chi connectivity index (χ4n) is 0.894. The highest BCUT2D eigenvalue weighted by Gasteiger charge is 2.07. The summed E-state index contributed by atoms with van der Waals surface area (Å²) in [4.78, 5) is 8.11. The van der Waals surface area contributed by atoms with Gasteiger partial charge in [0.1, 0.15) is 5.69 Å². The van der Waals surface area contributed by atoms with Gasteiger partial charge >= 0.3 is 0 Å². The van der Waals surface area contributed by atoms with Crippen LogP contribution in [0.3, 0.4) is 0 Å². The molecule has 2 aromatic heterocycles. The summed E-state index contributed by atoms with van der Waals surface area (Å²) < 4.78 is 4.98. The molecule has 12 heavy (non-hydrogen) atoms. The zero-order valence-electron chi connectivity index (χ0n) is 6.43. The van der Waals surface area contributed by atoms with Crippen LogP contribution < -0.4 is 0 Å². The third-order valence-corrected chi connectivity index (χ3v) is 1.44. The van der Waals surface area contributed by atoms with E-state index in [9.17, 15) is 0 Å². The summed E-state index contributed by atoms with van der Waals surface area (Å²) in [5.74, 6) is 0.403. The Hall–Kier alpha value is -1.78. The monoisotopic (exact) mass is 162 g/mol. The van der Waals surface area contributed by atoms with Crippen LogP contribution in [-0.2, 0) is 0 Å². The Kier molecular flexibility index (Phi) is 1.55. The first kappa shape index (κ1) is 6.90. The lowest BCUT2D eigenvalue weighted by Crippen LogP contribution is -1.90. The van der Waals surface area contributed by atoms with E-state index in [2.05, 4.69) is 20.2 Å². The number of aryl methyl sites for hydroxylation is 1. The lowest BCUT2D eigenvalue weighted by Gasteiger charge is -1.95. The van der Waals surface area contributed by atoms with Crippen LogP contribution in [0.25, 0.3) is 11.6 Å². The highest BCUT2D eigenvalue weighted by atomic mass is 16.4. The van der Waals surface area contributed by atoms with Crippen LogP contribution in [-0.4, -0.2) is 20.2 Å². The maximum absolute atomic E-state index is 4.98. The van der Waals surface area contributed by atoms with Gasteiger partial charge in [0.2, 0.25) is 6.39 Å². The molecule has 0 aliphatic heterocycles. The Morgan fingerprint density at radius 2 is 2.08 bits per heavy atom. The van der Waals surface area contributed by atoms with Crippen LogP contribution in [0.4, 0.5) is 0 Å². The maximum Gasteiger partial charge on any atom is 0.267 e. The molecule has 0 atom stereocenters. The largest absolute Gasteiger partial charge is 0.422 e. The first-order valence-corrected chi connectivity index (χ1v) is 3.42. The van der Waals surface area contributed by atoms with E-state index in [1.807, 2.05) is 6.92 Å². The van der Waals surface area contributed by atoms with Crippen molar-refractivity contribution in [2.45, 2.75) is 6.92 Å². The molecule has 0 amide bonds. The van der Waals surface area contributed by atoms with Crippen LogP contribution >= 0.6 is 0 Å². The summed E-state index contributed by atoms with van der Waals surface area (Å²) in [5.41, 5.74) is 1.41. The van der Waals surface area contributed by atoms with Gasteiger partial charge in [-0.15, -0.1) is 10.2 Å². The summed E-state index contributed by atoms with van der Waals surface area (Å²) in [6.07, 6.45) is 4.48. The number of aromatic nitrogens is 4. The molecule has 0 saturated heterocycles. The number of hydrogen-bond acceptors (Lipinski definition) is 5. The van der Waals surface area contributed by atoms with E-state index in [1.54, 1.807) is 12.4 Å². The van der Waals surface area contributed by atoms with Gasteiger partial charge in [-0.25, -0.2) is 4.98 Å². The molecule has 5 nitrogen and oxygen atoms in total. The van der Waals surface area contributed by atoms with E-state index in [-0.39, 0.29) is 0 Å². The molecule has 0 aromatic carbocycles. The van der Waals surface area contributed by atoms with E-state index >= 15 is 0 Å². The van der Waals surface area contributed by atoms with Gasteiger partial charge in [0.25, 0.3) is 5.89 Å². The summed E-state index contributed by atoms with van der Waals surface area (Å²) in [6, 6.07) is 0. The fraction of sp³-hybridized carbons (Fsp3) is 0.143. The smallest absolute Gasteiger partial charge is 0.267 e. The van der Waals surface area contributed by atoms with Crippen LogP contribution in [0.5, 0.6) is 0 Å². The van der Waals surface area contributed by atoms with Crippen molar-refractivity contribution < 1.29 is 4.42 Å². The predicted octanol–water partition coefficient (Wildman–Crippen LogP) is 0.835. The summed E-state index contributed by atoms with van der Waals surface area (Å²) >= 11 is 0. The average molecular weight is 162 g/mol. The molecule has 0 fully saturated rings. The average Bonchev–Trinajstić information content (AvgIpc) is 2.57. The van der Waals surface area contributed by atoms with E-state index in [0.717, 1.165) is 5.69 Å². The molecule has 0 spiro atoms. The van der Waals surface area contributed by atoms with Gasteiger partial charge in [-0.05, 0) is 6.92 Å². The van der Waals surface area contributed by atoms with Crippen molar-refractivity contribution in [1.82, 2.24) is 20.2 Å². The predicted molar refractivity (Wildman–Crippen MR) is 40.1 cm³/mol. The van der Waals surface area contributed by atoms with Gasteiger partial charge in [0.15, 0.2) is 0 Å². The summed E-state index contributed by atoms with van der Waals surface area (Å²) in [7, 11) is 0. The van der Waals surface area contributed by atoms with Gasteiger partial charge in [0.05, 0.1) is 5.69 Å². The summed E-state index contributed by atoms with van der Waals surface area (Å²) in [6.45, 7) is 1.84. The molecule has 0 N–H and O–H groups in total. The topological polar surface area (TPSA) is 64.7 Å². The zero-order valence-corrected chi connectivity index (χ0v) is 6.43. The van der Waals surface area contributed by atoms with E-state index in [4.69, 9.17) is 4.42 Å². The molecule has 0 aliphatic rings. The highest BCUT2D eigenvalue weighted by molar-refractivity contribution is 5.48. The second kappa shape index (κ2) is 2.69. The first-order valence-electron chi connectivity index (χ1n) is 3.42. The Labute approximate surface area is 68.5 Å². The zero-order chi connectivity index (χ0) is 8.39. The lowest BCUT2D eigenvalue weighted by molar-refractivity contribution is 0.565. The molecular weight excluding hydrogens is 156 g/mol. The van der Waals surface area contributed by atoms with Gasteiger partial charge < -0.3 is 4.42 Å². The van der Waals surface area contributed by atoms with Crippen molar-refractivity contribution in [3.8, 4) is 11.6 Å². The van der Waals surface area contributed by atoms with Crippen molar-refractivity contribution in [2.75, 3.05) is 0 Å². The van der Waals surface area contributed by atoms with Crippen molar-refractivity contribution in [3.63, 3.8) is 0 Å². The van der Waals surface area contributed by atoms with E-state index in [0.29, 0.717) is 11.6 Å². The standard InChI is InChI=1S/C7H6N4O/c1-5-6(9-3-2-8-5)7-11-10-4-12-7/h2-4H,1H3. The third-order valence-electron chi connectivity index (χ3n) is 1.44.